The second-order valence-electron chi connectivity index (χ2n) is 4.71. The molecule has 0 amide bonds. The summed E-state index contributed by atoms with van der Waals surface area (Å²) in [7, 11) is 0. The van der Waals surface area contributed by atoms with Crippen molar-refractivity contribution in [3.63, 3.8) is 0 Å². The molecule has 2 aromatic rings. The molecule has 0 saturated carbocycles. The normalized spacial score (nSPS) is 12.0. The molecule has 0 aliphatic carbocycles. The Morgan fingerprint density at radius 3 is 2.50 bits per heavy atom. The van der Waals surface area contributed by atoms with Crippen molar-refractivity contribution < 1.29 is 10.0 Å². The summed E-state index contributed by atoms with van der Waals surface area (Å²) in [6.45, 7) is 1.79. The SMILES string of the molecule is Cc1cc(NCC(O)c2cc(Cl)cc(Cl)c2)ncc1[N+](=O)[O-]. The molecule has 1 atom stereocenters. The van der Waals surface area contributed by atoms with Crippen LogP contribution in [0, 0.1) is 17.0 Å². The number of nitrogens with zero attached hydrogens (tertiary/aromatic N) is 2. The number of nitro groups is 1. The van der Waals surface area contributed by atoms with Crippen molar-refractivity contribution in [3.05, 3.63) is 61.7 Å². The van der Waals surface area contributed by atoms with E-state index >= 15 is 0 Å². The van der Waals surface area contributed by atoms with Gasteiger partial charge < -0.3 is 10.4 Å². The van der Waals surface area contributed by atoms with E-state index in [0.29, 0.717) is 27.0 Å². The van der Waals surface area contributed by atoms with E-state index in [-0.39, 0.29) is 12.2 Å². The molecular formula is C14H13Cl2N3O3. The van der Waals surface area contributed by atoms with Gasteiger partial charge in [-0.2, -0.15) is 0 Å². The Morgan fingerprint density at radius 2 is 1.95 bits per heavy atom. The van der Waals surface area contributed by atoms with Crippen LogP contribution in [-0.4, -0.2) is 21.6 Å². The van der Waals surface area contributed by atoms with Crippen LogP contribution in [0.1, 0.15) is 17.2 Å². The van der Waals surface area contributed by atoms with E-state index in [1.54, 1.807) is 31.2 Å². The van der Waals surface area contributed by atoms with Gasteiger partial charge in [0.15, 0.2) is 0 Å². The molecule has 0 radical (unpaired) electrons. The van der Waals surface area contributed by atoms with Crippen LogP contribution in [0.5, 0.6) is 0 Å². The van der Waals surface area contributed by atoms with E-state index in [0.717, 1.165) is 0 Å². The van der Waals surface area contributed by atoms with Gasteiger partial charge in [0, 0.05) is 22.2 Å². The first kappa shape index (κ1) is 16.5. The minimum atomic E-state index is -0.839. The number of nitrogens with one attached hydrogen (secondary N) is 1. The highest BCUT2D eigenvalue weighted by Gasteiger charge is 2.13. The highest BCUT2D eigenvalue weighted by molar-refractivity contribution is 6.34. The number of hydrogen-bond donors (Lipinski definition) is 2. The van der Waals surface area contributed by atoms with E-state index < -0.39 is 11.0 Å². The molecule has 0 fully saturated rings. The summed E-state index contributed by atoms with van der Waals surface area (Å²) in [4.78, 5) is 14.2. The Morgan fingerprint density at radius 1 is 1.32 bits per heavy atom. The van der Waals surface area contributed by atoms with Crippen LogP contribution < -0.4 is 5.32 Å². The largest absolute Gasteiger partial charge is 0.387 e. The Kier molecular flexibility index (Phi) is 5.18. The number of aromatic nitrogens is 1. The van der Waals surface area contributed by atoms with Gasteiger partial charge in [-0.3, -0.25) is 10.1 Å². The lowest BCUT2D eigenvalue weighted by atomic mass is 10.1. The van der Waals surface area contributed by atoms with E-state index in [1.807, 2.05) is 0 Å². The van der Waals surface area contributed by atoms with E-state index in [9.17, 15) is 15.2 Å². The molecule has 2 N–H and O–H groups in total. The van der Waals surface area contributed by atoms with E-state index in [4.69, 9.17) is 23.2 Å². The molecule has 6 nitrogen and oxygen atoms in total. The van der Waals surface area contributed by atoms with Crippen LogP contribution >= 0.6 is 23.2 Å². The van der Waals surface area contributed by atoms with Gasteiger partial charge in [0.05, 0.1) is 11.0 Å². The first-order chi connectivity index (χ1) is 10.4. The first-order valence-corrected chi connectivity index (χ1v) is 7.11. The average Bonchev–Trinajstić information content (AvgIpc) is 2.43. The molecule has 0 aliphatic rings. The van der Waals surface area contributed by atoms with Crippen LogP contribution in [0.15, 0.2) is 30.5 Å². The zero-order chi connectivity index (χ0) is 16.3. The van der Waals surface area contributed by atoms with Crippen LogP contribution in [0.3, 0.4) is 0 Å². The number of aliphatic hydroxyl groups excluding tert-OH is 1. The monoisotopic (exact) mass is 341 g/mol. The van der Waals surface area contributed by atoms with Gasteiger partial charge in [-0.05, 0) is 36.8 Å². The molecule has 0 spiro atoms. The van der Waals surface area contributed by atoms with Crippen LogP contribution in [0.2, 0.25) is 10.0 Å². The Labute approximate surface area is 136 Å². The van der Waals surface area contributed by atoms with E-state index in [1.165, 1.54) is 6.20 Å². The molecule has 8 heteroatoms. The van der Waals surface area contributed by atoms with Crippen LogP contribution in [0.25, 0.3) is 0 Å². The predicted octanol–water partition coefficient (Wildman–Crippen LogP) is 3.75. The second kappa shape index (κ2) is 6.91. The lowest BCUT2D eigenvalue weighted by Crippen LogP contribution is -2.13. The molecule has 2 rings (SSSR count). The number of benzene rings is 1. The summed E-state index contributed by atoms with van der Waals surface area (Å²) in [6, 6.07) is 6.37. The molecule has 22 heavy (non-hydrogen) atoms. The van der Waals surface area contributed by atoms with Crippen molar-refractivity contribution >= 4 is 34.7 Å². The lowest BCUT2D eigenvalue weighted by molar-refractivity contribution is -0.385. The molecule has 0 aliphatic heterocycles. The van der Waals surface area contributed by atoms with Crippen LogP contribution in [0.4, 0.5) is 11.5 Å². The van der Waals surface area contributed by atoms with Crippen molar-refractivity contribution in [1.82, 2.24) is 4.98 Å². The Balaban J connectivity index is 2.06. The smallest absolute Gasteiger partial charge is 0.290 e. The molecule has 0 bridgehead atoms. The number of aliphatic hydroxyl groups is 1. The number of anilines is 1. The second-order valence-corrected chi connectivity index (χ2v) is 5.59. The highest BCUT2D eigenvalue weighted by Crippen LogP contribution is 2.24. The maximum Gasteiger partial charge on any atom is 0.290 e. The van der Waals surface area contributed by atoms with Gasteiger partial charge in [-0.15, -0.1) is 0 Å². The fourth-order valence-electron chi connectivity index (χ4n) is 1.92. The summed E-state index contributed by atoms with van der Waals surface area (Å²) in [5.74, 6) is 0.440. The third-order valence-corrected chi connectivity index (χ3v) is 3.46. The summed E-state index contributed by atoms with van der Waals surface area (Å²) in [6.07, 6.45) is 0.342. The molecule has 0 saturated heterocycles. The van der Waals surface area contributed by atoms with Crippen molar-refractivity contribution in [2.45, 2.75) is 13.0 Å². The third-order valence-electron chi connectivity index (χ3n) is 3.03. The zero-order valence-corrected chi connectivity index (χ0v) is 13.1. The summed E-state index contributed by atoms with van der Waals surface area (Å²) >= 11 is 11.8. The van der Waals surface area contributed by atoms with Gasteiger partial charge in [-0.25, -0.2) is 4.98 Å². The average molecular weight is 342 g/mol. The lowest BCUT2D eigenvalue weighted by Gasteiger charge is -2.13. The minimum absolute atomic E-state index is 0.0484. The number of halogens is 2. The number of rotatable bonds is 5. The Hall–Kier alpha value is -1.89. The number of hydrogen-bond acceptors (Lipinski definition) is 5. The molecular weight excluding hydrogens is 329 g/mol. The zero-order valence-electron chi connectivity index (χ0n) is 11.6. The minimum Gasteiger partial charge on any atom is -0.387 e. The van der Waals surface area contributed by atoms with Crippen molar-refractivity contribution in [3.8, 4) is 0 Å². The van der Waals surface area contributed by atoms with Crippen molar-refractivity contribution in [2.24, 2.45) is 0 Å². The Bertz CT molecular complexity index is 689. The predicted molar refractivity (Wildman–Crippen MR) is 85.5 cm³/mol. The van der Waals surface area contributed by atoms with Crippen LogP contribution in [-0.2, 0) is 0 Å². The molecule has 116 valence electrons. The van der Waals surface area contributed by atoms with Gasteiger partial charge in [0.25, 0.3) is 5.69 Å². The molecule has 1 aromatic carbocycles. The van der Waals surface area contributed by atoms with E-state index in [2.05, 4.69) is 10.3 Å². The topological polar surface area (TPSA) is 88.3 Å². The fraction of sp³-hybridized carbons (Fsp3) is 0.214. The highest BCUT2D eigenvalue weighted by atomic mass is 35.5. The van der Waals surface area contributed by atoms with Crippen molar-refractivity contribution in [2.75, 3.05) is 11.9 Å². The van der Waals surface area contributed by atoms with Gasteiger partial charge in [-0.1, -0.05) is 23.2 Å². The maximum atomic E-state index is 10.7. The summed E-state index contributed by atoms with van der Waals surface area (Å²) in [5.41, 5.74) is 1.01. The van der Waals surface area contributed by atoms with Gasteiger partial charge in [0.1, 0.15) is 12.0 Å². The van der Waals surface area contributed by atoms with Crippen molar-refractivity contribution in [1.29, 1.82) is 0 Å². The number of aryl methyl sites for hydroxylation is 1. The standard InChI is InChI=1S/C14H13Cl2N3O3/c1-8-2-14(17-6-12(8)19(21)22)18-7-13(20)9-3-10(15)5-11(16)4-9/h2-6,13,20H,7H2,1H3,(H,17,18). The molecule has 1 unspecified atom stereocenters. The summed E-state index contributed by atoms with van der Waals surface area (Å²) in [5, 5.41) is 24.6. The van der Waals surface area contributed by atoms with Gasteiger partial charge >= 0.3 is 0 Å². The third kappa shape index (κ3) is 4.07. The molecule has 1 heterocycles. The molecule has 1 aromatic heterocycles. The quantitative estimate of drug-likeness (QED) is 0.638. The first-order valence-electron chi connectivity index (χ1n) is 6.36. The van der Waals surface area contributed by atoms with Gasteiger partial charge in [0.2, 0.25) is 0 Å². The summed E-state index contributed by atoms with van der Waals surface area (Å²) < 4.78 is 0. The fourth-order valence-corrected chi connectivity index (χ4v) is 2.47. The number of pyridine rings is 1. The maximum absolute atomic E-state index is 10.7.